The summed E-state index contributed by atoms with van der Waals surface area (Å²) in [4.78, 5) is 0. The van der Waals surface area contributed by atoms with Gasteiger partial charge in [0.2, 0.25) is 0 Å². The smallest absolute Gasteiger partial charge is 0.104 e. The fraction of sp³-hybridized carbons (Fsp3) is 0.263. The Kier molecular flexibility index (Phi) is 7.21. The van der Waals surface area contributed by atoms with E-state index in [1.807, 2.05) is 6.08 Å². The largest absolute Gasteiger partial charge is 1.00 e. The second-order valence-corrected chi connectivity index (χ2v) is 5.69. The quantitative estimate of drug-likeness (QED) is 0.530. The summed E-state index contributed by atoms with van der Waals surface area (Å²) < 4.78 is 1.00. The summed E-state index contributed by atoms with van der Waals surface area (Å²) >= 11 is 0. The molecule has 1 nitrogen and oxygen atoms in total. The lowest BCUT2D eigenvalue weighted by atomic mass is 10.1. The average Bonchev–Trinajstić information content (AvgIpc) is 2.48. The molecule has 2 rings (SSSR count). The molecule has 0 N–H and O–H groups in total. The normalized spacial score (nSPS) is 13.0. The molecule has 0 aromatic heterocycles. The van der Waals surface area contributed by atoms with Crippen LogP contribution in [-0.2, 0) is 13.0 Å². The fourth-order valence-electron chi connectivity index (χ4n) is 2.61. The highest BCUT2D eigenvalue weighted by Gasteiger charge is 2.20. The first-order valence-corrected chi connectivity index (χ1v) is 7.24. The Balaban J connectivity index is 0.00000220. The van der Waals surface area contributed by atoms with Gasteiger partial charge in [-0.15, -0.1) is 0 Å². The summed E-state index contributed by atoms with van der Waals surface area (Å²) in [6.45, 7) is 7.11. The van der Waals surface area contributed by atoms with Crippen LogP contribution in [0.15, 0.2) is 73.3 Å². The van der Waals surface area contributed by atoms with Crippen molar-refractivity contribution in [2.45, 2.75) is 13.0 Å². The topological polar surface area (TPSA) is 0 Å². The molecule has 1 atom stereocenters. The molecular formula is C19H24ClN. The molecule has 0 amide bonds. The maximum Gasteiger partial charge on any atom is 0.104 e. The highest BCUT2D eigenvalue weighted by Crippen LogP contribution is 2.14. The van der Waals surface area contributed by atoms with E-state index in [2.05, 4.69) is 74.3 Å². The summed E-state index contributed by atoms with van der Waals surface area (Å²) in [5, 5.41) is 0. The fourth-order valence-corrected chi connectivity index (χ4v) is 2.61. The molecule has 2 heteroatoms. The van der Waals surface area contributed by atoms with E-state index in [9.17, 15) is 0 Å². The molecule has 112 valence electrons. The second-order valence-electron chi connectivity index (χ2n) is 5.69. The zero-order chi connectivity index (χ0) is 14.3. The van der Waals surface area contributed by atoms with E-state index in [1.165, 1.54) is 11.1 Å². The molecule has 0 aliphatic rings. The monoisotopic (exact) mass is 301 g/mol. The Morgan fingerprint density at radius 3 is 1.95 bits per heavy atom. The van der Waals surface area contributed by atoms with Crippen LogP contribution in [-0.4, -0.2) is 24.6 Å². The van der Waals surface area contributed by atoms with E-state index < -0.39 is 0 Å². The minimum Gasteiger partial charge on any atom is -1.00 e. The molecule has 0 spiro atoms. The van der Waals surface area contributed by atoms with Gasteiger partial charge in [0.25, 0.3) is 0 Å². The van der Waals surface area contributed by atoms with E-state index >= 15 is 0 Å². The van der Waals surface area contributed by atoms with E-state index in [1.54, 1.807) is 0 Å². The lowest BCUT2D eigenvalue weighted by molar-refractivity contribution is -0.916. The average molecular weight is 302 g/mol. The lowest BCUT2D eigenvalue weighted by Crippen LogP contribution is -3.00. The second kappa shape index (κ2) is 8.66. The number of hydrogen-bond donors (Lipinski definition) is 0. The zero-order valence-corrected chi connectivity index (χ0v) is 13.5. The first kappa shape index (κ1) is 17.5. The van der Waals surface area contributed by atoms with Gasteiger partial charge in [-0.25, -0.2) is 0 Å². The first-order valence-electron chi connectivity index (χ1n) is 7.24. The summed E-state index contributed by atoms with van der Waals surface area (Å²) in [6, 6.07) is 21.5. The minimum atomic E-state index is 0. The lowest BCUT2D eigenvalue weighted by Gasteiger charge is -2.34. The standard InChI is InChI=1S/C19H24N.ClH/c1-3-15-20(2,17-19-12-8-5-9-13-19)16-14-18-10-6-4-7-11-18;/h3-13H,1,14-17H2,2H3;1H/q+1;/p-1. The third-order valence-electron chi connectivity index (χ3n) is 3.76. The number of nitrogens with zero attached hydrogens (tertiary/aromatic N) is 1. The summed E-state index contributed by atoms with van der Waals surface area (Å²) in [6.07, 6.45) is 3.14. The minimum absolute atomic E-state index is 0. The molecule has 2 aromatic carbocycles. The Morgan fingerprint density at radius 1 is 0.905 bits per heavy atom. The molecule has 0 aliphatic heterocycles. The van der Waals surface area contributed by atoms with Crippen LogP contribution in [0.3, 0.4) is 0 Å². The zero-order valence-electron chi connectivity index (χ0n) is 12.7. The predicted octanol–water partition coefficient (Wildman–Crippen LogP) is 1.07. The van der Waals surface area contributed by atoms with Gasteiger partial charge < -0.3 is 16.9 Å². The van der Waals surface area contributed by atoms with Crippen LogP contribution in [0, 0.1) is 0 Å². The number of hydrogen-bond acceptors (Lipinski definition) is 0. The SMILES string of the molecule is C=CC[N+](C)(CCc1ccccc1)Cc1ccccc1.[Cl-]. The molecule has 2 aromatic rings. The summed E-state index contributed by atoms with van der Waals surface area (Å²) in [7, 11) is 2.32. The molecule has 0 saturated carbocycles. The van der Waals surface area contributed by atoms with Gasteiger partial charge in [-0.2, -0.15) is 0 Å². The first-order chi connectivity index (χ1) is 9.72. The van der Waals surface area contributed by atoms with Gasteiger partial charge >= 0.3 is 0 Å². The van der Waals surface area contributed by atoms with Crippen molar-refractivity contribution in [3.63, 3.8) is 0 Å². The van der Waals surface area contributed by atoms with Crippen LogP contribution in [0.4, 0.5) is 0 Å². The summed E-state index contributed by atoms with van der Waals surface area (Å²) in [5.74, 6) is 0. The van der Waals surface area contributed by atoms with Crippen LogP contribution in [0.1, 0.15) is 11.1 Å². The molecule has 0 heterocycles. The third kappa shape index (κ3) is 5.74. The number of rotatable bonds is 7. The molecular weight excluding hydrogens is 278 g/mol. The summed E-state index contributed by atoms with van der Waals surface area (Å²) in [5.41, 5.74) is 2.80. The number of quaternary nitrogens is 1. The van der Waals surface area contributed by atoms with Crippen molar-refractivity contribution >= 4 is 0 Å². The van der Waals surface area contributed by atoms with E-state index in [0.717, 1.165) is 30.5 Å². The molecule has 1 unspecified atom stereocenters. The van der Waals surface area contributed by atoms with Crippen LogP contribution in [0.2, 0.25) is 0 Å². The molecule has 21 heavy (non-hydrogen) atoms. The van der Waals surface area contributed by atoms with Crippen molar-refractivity contribution in [2.24, 2.45) is 0 Å². The van der Waals surface area contributed by atoms with Gasteiger partial charge in [-0.3, -0.25) is 0 Å². The van der Waals surface area contributed by atoms with Crippen molar-refractivity contribution in [1.29, 1.82) is 0 Å². The molecule has 0 bridgehead atoms. The highest BCUT2D eigenvalue weighted by atomic mass is 35.5. The van der Waals surface area contributed by atoms with E-state index in [4.69, 9.17) is 0 Å². The Bertz CT molecular complexity index is 524. The van der Waals surface area contributed by atoms with Crippen molar-refractivity contribution in [1.82, 2.24) is 0 Å². The van der Waals surface area contributed by atoms with Crippen LogP contribution in [0.25, 0.3) is 0 Å². The van der Waals surface area contributed by atoms with Crippen molar-refractivity contribution in [2.75, 3.05) is 20.1 Å². The number of halogens is 1. The maximum absolute atomic E-state index is 3.93. The van der Waals surface area contributed by atoms with Gasteiger partial charge in [-0.1, -0.05) is 67.2 Å². The Hall–Kier alpha value is -1.57. The van der Waals surface area contributed by atoms with Crippen molar-refractivity contribution in [3.8, 4) is 0 Å². The molecule has 0 saturated heterocycles. The van der Waals surface area contributed by atoms with E-state index in [-0.39, 0.29) is 12.4 Å². The van der Waals surface area contributed by atoms with E-state index in [0.29, 0.717) is 0 Å². The van der Waals surface area contributed by atoms with Crippen LogP contribution < -0.4 is 12.4 Å². The van der Waals surface area contributed by atoms with Gasteiger partial charge in [0.1, 0.15) is 6.54 Å². The highest BCUT2D eigenvalue weighted by molar-refractivity contribution is 5.15. The molecule has 0 radical (unpaired) electrons. The molecule has 0 aliphatic carbocycles. The van der Waals surface area contributed by atoms with Gasteiger partial charge in [0.05, 0.1) is 20.1 Å². The maximum atomic E-state index is 3.93. The van der Waals surface area contributed by atoms with Crippen LogP contribution in [0.5, 0.6) is 0 Å². The number of benzene rings is 2. The predicted molar refractivity (Wildman–Crippen MR) is 86.4 cm³/mol. The third-order valence-corrected chi connectivity index (χ3v) is 3.76. The molecule has 0 fully saturated rings. The van der Waals surface area contributed by atoms with Crippen molar-refractivity contribution < 1.29 is 16.9 Å². The van der Waals surface area contributed by atoms with Gasteiger partial charge in [0, 0.05) is 12.0 Å². The Morgan fingerprint density at radius 2 is 1.43 bits per heavy atom. The van der Waals surface area contributed by atoms with Gasteiger partial charge in [0.15, 0.2) is 0 Å². The van der Waals surface area contributed by atoms with Crippen LogP contribution >= 0.6 is 0 Å². The number of likely N-dealkylation sites (N-methyl/N-ethyl adjacent to an activating group) is 1. The van der Waals surface area contributed by atoms with Gasteiger partial charge in [-0.05, 0) is 11.6 Å². The van der Waals surface area contributed by atoms with Crippen molar-refractivity contribution in [3.05, 3.63) is 84.4 Å². The Labute approximate surface area is 134 Å².